The molecule has 2 amide bonds. The first kappa shape index (κ1) is 18.2. The lowest BCUT2D eigenvalue weighted by atomic mass is 9.93. The number of hydrogen-bond acceptors (Lipinski definition) is 3. The zero-order valence-corrected chi connectivity index (χ0v) is 16.1. The van der Waals surface area contributed by atoms with Gasteiger partial charge in [0.1, 0.15) is 0 Å². The van der Waals surface area contributed by atoms with Crippen LogP contribution in [0.25, 0.3) is 10.9 Å². The summed E-state index contributed by atoms with van der Waals surface area (Å²) in [5.74, 6) is -0.0612. The molecule has 1 aromatic heterocycles. The number of nitrogens with zero attached hydrogens (tertiary/aromatic N) is 2. The summed E-state index contributed by atoms with van der Waals surface area (Å²) in [5.41, 5.74) is 3.77. The maximum absolute atomic E-state index is 13.1. The van der Waals surface area contributed by atoms with Crippen LogP contribution in [0, 0.1) is 6.92 Å². The Labute approximate surface area is 164 Å². The second-order valence-electron chi connectivity index (χ2n) is 7.45. The lowest BCUT2D eigenvalue weighted by Gasteiger charge is -2.19. The van der Waals surface area contributed by atoms with Gasteiger partial charge in [-0.25, -0.2) is 0 Å². The van der Waals surface area contributed by atoms with Crippen molar-refractivity contribution in [3.8, 4) is 0 Å². The van der Waals surface area contributed by atoms with Crippen LogP contribution in [-0.2, 0) is 4.79 Å². The molecule has 2 aromatic carbocycles. The zero-order valence-electron chi connectivity index (χ0n) is 16.1. The molecule has 1 N–H and O–H groups in total. The number of rotatable bonds is 3. The van der Waals surface area contributed by atoms with Gasteiger partial charge in [-0.2, -0.15) is 0 Å². The number of pyridine rings is 1. The Balaban J connectivity index is 1.60. The van der Waals surface area contributed by atoms with E-state index in [0.717, 1.165) is 16.5 Å². The Morgan fingerprint density at radius 3 is 2.57 bits per heavy atom. The Hall–Kier alpha value is -3.21. The molecule has 5 heteroatoms. The number of amides is 2. The Kier molecular flexibility index (Phi) is 4.82. The Morgan fingerprint density at radius 1 is 1.07 bits per heavy atom. The van der Waals surface area contributed by atoms with E-state index < -0.39 is 0 Å². The van der Waals surface area contributed by atoms with E-state index in [9.17, 15) is 9.59 Å². The van der Waals surface area contributed by atoms with E-state index in [0.29, 0.717) is 18.7 Å². The van der Waals surface area contributed by atoms with Gasteiger partial charge in [-0.05, 0) is 24.6 Å². The molecule has 1 aliphatic heterocycles. The van der Waals surface area contributed by atoms with Gasteiger partial charge in [-0.1, -0.05) is 48.0 Å². The Morgan fingerprint density at radius 2 is 1.82 bits per heavy atom. The van der Waals surface area contributed by atoms with Crippen LogP contribution in [0.4, 0.5) is 0 Å². The molecule has 5 nitrogen and oxygen atoms in total. The number of carbonyl (C=O) groups excluding carboxylic acids is 2. The summed E-state index contributed by atoms with van der Waals surface area (Å²) in [6.07, 6.45) is 1.64. The fraction of sp³-hybridized carbons (Fsp3) is 0.261. The molecule has 1 fully saturated rings. The SMILES string of the molecule is CC(=O)NC1CN(C(=O)c2cnc3ccccc3c2)CC1c1ccc(C)cc1. The van der Waals surface area contributed by atoms with Gasteiger partial charge in [0.15, 0.2) is 0 Å². The highest BCUT2D eigenvalue weighted by atomic mass is 16.2. The van der Waals surface area contributed by atoms with Crippen LogP contribution in [0.15, 0.2) is 60.8 Å². The van der Waals surface area contributed by atoms with E-state index >= 15 is 0 Å². The van der Waals surface area contributed by atoms with E-state index in [-0.39, 0.29) is 23.8 Å². The minimum Gasteiger partial charge on any atom is -0.351 e. The largest absolute Gasteiger partial charge is 0.351 e. The third-order valence-electron chi connectivity index (χ3n) is 5.34. The molecule has 2 heterocycles. The molecule has 0 spiro atoms. The topological polar surface area (TPSA) is 62.3 Å². The van der Waals surface area contributed by atoms with Crippen molar-refractivity contribution in [2.75, 3.05) is 13.1 Å². The van der Waals surface area contributed by atoms with Crippen molar-refractivity contribution < 1.29 is 9.59 Å². The van der Waals surface area contributed by atoms with Gasteiger partial charge in [0.25, 0.3) is 5.91 Å². The van der Waals surface area contributed by atoms with Gasteiger partial charge >= 0.3 is 0 Å². The minimum atomic E-state index is -0.0995. The van der Waals surface area contributed by atoms with Gasteiger partial charge in [0.2, 0.25) is 5.91 Å². The number of para-hydroxylation sites is 1. The number of aromatic nitrogens is 1. The number of likely N-dealkylation sites (tertiary alicyclic amines) is 1. The molecule has 3 aromatic rings. The van der Waals surface area contributed by atoms with Crippen molar-refractivity contribution in [3.63, 3.8) is 0 Å². The molecule has 28 heavy (non-hydrogen) atoms. The van der Waals surface area contributed by atoms with E-state index in [2.05, 4.69) is 34.6 Å². The molecule has 0 saturated carbocycles. The summed E-state index contributed by atoms with van der Waals surface area (Å²) in [6, 6.07) is 17.8. The van der Waals surface area contributed by atoms with Crippen molar-refractivity contribution in [2.24, 2.45) is 0 Å². The van der Waals surface area contributed by atoms with Gasteiger partial charge in [-0.3, -0.25) is 14.6 Å². The first-order chi connectivity index (χ1) is 13.5. The van der Waals surface area contributed by atoms with Crippen molar-refractivity contribution in [2.45, 2.75) is 25.8 Å². The van der Waals surface area contributed by atoms with Crippen LogP contribution < -0.4 is 5.32 Å². The number of carbonyl (C=O) groups is 2. The second-order valence-corrected chi connectivity index (χ2v) is 7.45. The highest BCUT2D eigenvalue weighted by Crippen LogP contribution is 2.29. The predicted octanol–water partition coefficient (Wildman–Crippen LogP) is 3.29. The third-order valence-corrected chi connectivity index (χ3v) is 5.34. The number of benzene rings is 2. The number of nitrogens with one attached hydrogen (secondary N) is 1. The van der Waals surface area contributed by atoms with Crippen molar-refractivity contribution in [1.29, 1.82) is 0 Å². The fourth-order valence-corrected chi connectivity index (χ4v) is 3.90. The molecule has 142 valence electrons. The second kappa shape index (κ2) is 7.43. The van der Waals surface area contributed by atoms with Crippen molar-refractivity contribution in [1.82, 2.24) is 15.2 Å². The van der Waals surface area contributed by atoms with Gasteiger partial charge in [-0.15, -0.1) is 0 Å². The molecule has 2 atom stereocenters. The summed E-state index contributed by atoms with van der Waals surface area (Å²) in [4.78, 5) is 31.1. The average molecular weight is 373 g/mol. The van der Waals surface area contributed by atoms with Crippen LogP contribution >= 0.6 is 0 Å². The monoisotopic (exact) mass is 373 g/mol. The molecule has 4 rings (SSSR count). The smallest absolute Gasteiger partial charge is 0.255 e. The summed E-state index contributed by atoms with van der Waals surface area (Å²) in [5, 5.41) is 3.97. The van der Waals surface area contributed by atoms with Crippen molar-refractivity contribution in [3.05, 3.63) is 77.5 Å². The van der Waals surface area contributed by atoms with Crippen LogP contribution in [-0.4, -0.2) is 40.8 Å². The normalized spacial score (nSPS) is 19.0. The summed E-state index contributed by atoms with van der Waals surface area (Å²) in [6.45, 7) is 4.62. The van der Waals surface area contributed by atoms with E-state index in [1.54, 1.807) is 6.20 Å². The fourth-order valence-electron chi connectivity index (χ4n) is 3.90. The zero-order chi connectivity index (χ0) is 19.7. The molecular weight excluding hydrogens is 350 g/mol. The highest BCUT2D eigenvalue weighted by molar-refractivity contribution is 5.97. The van der Waals surface area contributed by atoms with Crippen molar-refractivity contribution >= 4 is 22.7 Å². The summed E-state index contributed by atoms with van der Waals surface area (Å²) >= 11 is 0. The van der Waals surface area contributed by atoms with E-state index in [4.69, 9.17) is 0 Å². The maximum atomic E-state index is 13.1. The van der Waals surface area contributed by atoms with Crippen LogP contribution in [0.1, 0.15) is 34.3 Å². The third kappa shape index (κ3) is 3.60. The molecular formula is C23H23N3O2. The molecule has 1 saturated heterocycles. The Bertz CT molecular complexity index is 1030. The van der Waals surface area contributed by atoms with Gasteiger partial charge in [0.05, 0.1) is 17.1 Å². The lowest BCUT2D eigenvalue weighted by Crippen LogP contribution is -2.39. The highest BCUT2D eigenvalue weighted by Gasteiger charge is 2.37. The van der Waals surface area contributed by atoms with Crippen LogP contribution in [0.2, 0.25) is 0 Å². The molecule has 0 bridgehead atoms. The maximum Gasteiger partial charge on any atom is 0.255 e. The van der Waals surface area contributed by atoms with Gasteiger partial charge in [0, 0.05) is 37.5 Å². The molecule has 0 aliphatic carbocycles. The summed E-state index contributed by atoms with van der Waals surface area (Å²) in [7, 11) is 0. The van der Waals surface area contributed by atoms with Crippen LogP contribution in [0.5, 0.6) is 0 Å². The standard InChI is InChI=1S/C23H23N3O2/c1-15-7-9-17(10-8-15)20-13-26(14-22(20)25-16(2)27)23(28)19-11-18-5-3-4-6-21(18)24-12-19/h3-12,20,22H,13-14H2,1-2H3,(H,25,27). The van der Waals surface area contributed by atoms with E-state index in [1.165, 1.54) is 12.5 Å². The predicted molar refractivity (Wildman–Crippen MR) is 109 cm³/mol. The minimum absolute atomic E-state index is 0.0526. The average Bonchev–Trinajstić information content (AvgIpc) is 3.10. The molecule has 2 unspecified atom stereocenters. The first-order valence-electron chi connectivity index (χ1n) is 9.49. The number of fused-ring (bicyclic) bond motifs is 1. The van der Waals surface area contributed by atoms with Gasteiger partial charge < -0.3 is 10.2 Å². The quantitative estimate of drug-likeness (QED) is 0.766. The molecule has 1 aliphatic rings. The number of aryl methyl sites for hydroxylation is 1. The van der Waals surface area contributed by atoms with Crippen LogP contribution in [0.3, 0.4) is 0 Å². The summed E-state index contributed by atoms with van der Waals surface area (Å²) < 4.78 is 0. The first-order valence-corrected chi connectivity index (χ1v) is 9.49. The number of hydrogen-bond donors (Lipinski definition) is 1. The van der Waals surface area contributed by atoms with E-state index in [1.807, 2.05) is 42.2 Å². The molecule has 0 radical (unpaired) electrons. The lowest BCUT2D eigenvalue weighted by molar-refractivity contribution is -0.119.